The number of benzene rings is 1. The third-order valence-corrected chi connectivity index (χ3v) is 3.60. The van der Waals surface area contributed by atoms with Crippen LogP contribution >= 0.6 is 11.6 Å². The number of hydrogen-bond acceptors (Lipinski definition) is 2. The minimum Gasteiger partial charge on any atom is -0.328 e. The molecule has 1 aliphatic carbocycles. The number of hydrogen-bond donors (Lipinski definition) is 2. The predicted octanol–water partition coefficient (Wildman–Crippen LogP) is 2.84. The Kier molecular flexibility index (Phi) is 4.37. The molecule has 4 heteroatoms. The highest BCUT2D eigenvalue weighted by molar-refractivity contribution is 6.30. The second-order valence-corrected chi connectivity index (χ2v) is 5.16. The first-order valence-corrected chi connectivity index (χ1v) is 6.46. The maximum atomic E-state index is 13.5. The van der Waals surface area contributed by atoms with Crippen LogP contribution in [0.15, 0.2) is 18.2 Å². The molecule has 3 N–H and O–H groups in total. The summed E-state index contributed by atoms with van der Waals surface area (Å²) in [4.78, 5) is 0. The standard InChI is InChI=1S/C13H18ClFN2/c14-10-1-6-13(15)9(7-10)8-17-12-4-2-11(16)3-5-12/h1,6-7,11-12,17H,2-5,8,16H2. The van der Waals surface area contributed by atoms with Gasteiger partial charge in [0.1, 0.15) is 5.82 Å². The van der Waals surface area contributed by atoms with Crippen LogP contribution in [0.4, 0.5) is 4.39 Å². The van der Waals surface area contributed by atoms with Crippen LogP contribution in [-0.2, 0) is 6.54 Å². The van der Waals surface area contributed by atoms with Gasteiger partial charge in [-0.3, -0.25) is 0 Å². The molecule has 2 nitrogen and oxygen atoms in total. The first-order chi connectivity index (χ1) is 8.15. The third kappa shape index (κ3) is 3.66. The second kappa shape index (κ2) is 5.80. The molecule has 1 aromatic carbocycles. The molecule has 1 aliphatic rings. The van der Waals surface area contributed by atoms with Gasteiger partial charge in [0.15, 0.2) is 0 Å². The van der Waals surface area contributed by atoms with Crippen LogP contribution in [0.5, 0.6) is 0 Å². The smallest absolute Gasteiger partial charge is 0.127 e. The second-order valence-electron chi connectivity index (χ2n) is 4.73. The minimum absolute atomic E-state index is 0.200. The van der Waals surface area contributed by atoms with Gasteiger partial charge in [0.2, 0.25) is 0 Å². The van der Waals surface area contributed by atoms with Crippen molar-refractivity contribution in [1.82, 2.24) is 5.32 Å². The molecule has 1 aromatic rings. The lowest BCUT2D eigenvalue weighted by Crippen LogP contribution is -2.37. The van der Waals surface area contributed by atoms with Crippen LogP contribution in [0.25, 0.3) is 0 Å². The molecule has 0 bridgehead atoms. The Morgan fingerprint density at radius 2 is 2.00 bits per heavy atom. The SMILES string of the molecule is NC1CCC(NCc2cc(Cl)ccc2F)CC1. The van der Waals surface area contributed by atoms with Gasteiger partial charge in [0.25, 0.3) is 0 Å². The fourth-order valence-electron chi connectivity index (χ4n) is 2.26. The van der Waals surface area contributed by atoms with E-state index in [1.807, 2.05) is 0 Å². The Morgan fingerprint density at radius 3 is 2.71 bits per heavy atom. The fraction of sp³-hybridized carbons (Fsp3) is 0.538. The Labute approximate surface area is 106 Å². The molecule has 1 saturated carbocycles. The highest BCUT2D eigenvalue weighted by Crippen LogP contribution is 2.19. The van der Waals surface area contributed by atoms with Crippen molar-refractivity contribution in [2.24, 2.45) is 5.73 Å². The van der Waals surface area contributed by atoms with Crippen molar-refractivity contribution < 1.29 is 4.39 Å². The monoisotopic (exact) mass is 256 g/mol. The first-order valence-electron chi connectivity index (χ1n) is 6.08. The molecule has 0 aliphatic heterocycles. The van der Waals surface area contributed by atoms with E-state index in [4.69, 9.17) is 17.3 Å². The number of halogens is 2. The zero-order valence-corrected chi connectivity index (χ0v) is 10.5. The Bertz CT molecular complexity index is 376. The molecule has 0 atom stereocenters. The van der Waals surface area contributed by atoms with Crippen molar-refractivity contribution in [3.8, 4) is 0 Å². The van der Waals surface area contributed by atoms with E-state index in [0.717, 1.165) is 25.7 Å². The molecule has 0 amide bonds. The van der Waals surface area contributed by atoms with Gasteiger partial charge in [-0.25, -0.2) is 4.39 Å². The largest absolute Gasteiger partial charge is 0.328 e. The summed E-state index contributed by atoms with van der Waals surface area (Å²) in [5, 5.41) is 3.95. The zero-order chi connectivity index (χ0) is 12.3. The molecule has 0 saturated heterocycles. The summed E-state index contributed by atoms with van der Waals surface area (Å²) in [6, 6.07) is 5.46. The minimum atomic E-state index is -0.200. The Hall–Kier alpha value is -0.640. The lowest BCUT2D eigenvalue weighted by atomic mass is 9.92. The molecule has 94 valence electrons. The average Bonchev–Trinajstić information content (AvgIpc) is 2.32. The van der Waals surface area contributed by atoms with E-state index in [9.17, 15) is 4.39 Å². The van der Waals surface area contributed by atoms with Crippen LogP contribution in [0, 0.1) is 5.82 Å². The number of nitrogens with two attached hydrogens (primary N) is 1. The number of nitrogens with one attached hydrogen (secondary N) is 1. The van der Waals surface area contributed by atoms with Crippen molar-refractivity contribution in [3.05, 3.63) is 34.6 Å². The molecular formula is C13H18ClFN2. The molecular weight excluding hydrogens is 239 g/mol. The summed E-state index contributed by atoms with van der Waals surface area (Å²) < 4.78 is 13.5. The molecule has 0 aromatic heterocycles. The third-order valence-electron chi connectivity index (χ3n) is 3.36. The van der Waals surface area contributed by atoms with E-state index in [0.29, 0.717) is 29.2 Å². The zero-order valence-electron chi connectivity index (χ0n) is 9.76. The fourth-order valence-corrected chi connectivity index (χ4v) is 2.45. The maximum absolute atomic E-state index is 13.5. The summed E-state index contributed by atoms with van der Waals surface area (Å²) in [6.45, 7) is 0.534. The molecule has 0 heterocycles. The van der Waals surface area contributed by atoms with E-state index < -0.39 is 0 Å². The molecule has 0 radical (unpaired) electrons. The van der Waals surface area contributed by atoms with Crippen LogP contribution < -0.4 is 11.1 Å². The van der Waals surface area contributed by atoms with Gasteiger partial charge < -0.3 is 11.1 Å². The van der Waals surface area contributed by atoms with Crippen molar-refractivity contribution in [1.29, 1.82) is 0 Å². The lowest BCUT2D eigenvalue weighted by Gasteiger charge is -2.27. The highest BCUT2D eigenvalue weighted by Gasteiger charge is 2.18. The summed E-state index contributed by atoms with van der Waals surface area (Å²) in [5.74, 6) is -0.200. The van der Waals surface area contributed by atoms with Crippen LogP contribution in [0.2, 0.25) is 5.02 Å². The predicted molar refractivity (Wildman–Crippen MR) is 68.5 cm³/mol. The summed E-state index contributed by atoms with van der Waals surface area (Å²) in [5.41, 5.74) is 6.47. The van der Waals surface area contributed by atoms with Crippen LogP contribution in [0.1, 0.15) is 31.2 Å². The highest BCUT2D eigenvalue weighted by atomic mass is 35.5. The molecule has 17 heavy (non-hydrogen) atoms. The van der Waals surface area contributed by atoms with Gasteiger partial charge in [-0.2, -0.15) is 0 Å². The molecule has 2 rings (SSSR count). The molecule has 0 unspecified atom stereocenters. The summed E-state index contributed by atoms with van der Waals surface area (Å²) in [6.07, 6.45) is 4.25. The average molecular weight is 257 g/mol. The topological polar surface area (TPSA) is 38.0 Å². The quantitative estimate of drug-likeness (QED) is 0.873. The number of rotatable bonds is 3. The van der Waals surface area contributed by atoms with Gasteiger partial charge in [0.05, 0.1) is 0 Å². The lowest BCUT2D eigenvalue weighted by molar-refractivity contribution is 0.340. The van der Waals surface area contributed by atoms with E-state index in [1.54, 1.807) is 12.1 Å². The van der Waals surface area contributed by atoms with Crippen molar-refractivity contribution in [2.45, 2.75) is 44.3 Å². The van der Waals surface area contributed by atoms with E-state index in [1.165, 1.54) is 6.07 Å². The van der Waals surface area contributed by atoms with Crippen molar-refractivity contribution in [3.63, 3.8) is 0 Å². The first kappa shape index (κ1) is 12.8. The summed E-state index contributed by atoms with van der Waals surface area (Å²) >= 11 is 5.85. The van der Waals surface area contributed by atoms with Crippen LogP contribution in [0.3, 0.4) is 0 Å². The Balaban J connectivity index is 1.87. The Morgan fingerprint density at radius 1 is 1.29 bits per heavy atom. The van der Waals surface area contributed by atoms with Crippen molar-refractivity contribution in [2.75, 3.05) is 0 Å². The van der Waals surface area contributed by atoms with Gasteiger partial charge in [-0.05, 0) is 43.9 Å². The van der Waals surface area contributed by atoms with Crippen molar-refractivity contribution >= 4 is 11.6 Å². The van der Waals surface area contributed by atoms with Gasteiger partial charge in [-0.15, -0.1) is 0 Å². The maximum Gasteiger partial charge on any atom is 0.127 e. The summed E-state index contributed by atoms with van der Waals surface area (Å²) in [7, 11) is 0. The van der Waals surface area contributed by atoms with Crippen LogP contribution in [-0.4, -0.2) is 12.1 Å². The van der Waals surface area contributed by atoms with E-state index in [2.05, 4.69) is 5.32 Å². The molecule has 0 spiro atoms. The van der Waals surface area contributed by atoms with E-state index >= 15 is 0 Å². The molecule has 1 fully saturated rings. The van der Waals surface area contributed by atoms with Gasteiger partial charge in [-0.1, -0.05) is 11.6 Å². The normalized spacial score (nSPS) is 24.9. The van der Waals surface area contributed by atoms with E-state index in [-0.39, 0.29) is 5.82 Å². The van der Waals surface area contributed by atoms with Gasteiger partial charge in [0, 0.05) is 29.2 Å². The van der Waals surface area contributed by atoms with Gasteiger partial charge >= 0.3 is 0 Å².